The Balaban J connectivity index is 3.28. The summed E-state index contributed by atoms with van der Waals surface area (Å²) in [4.78, 5) is 13.8. The molecular formula is C9H9F2NO4. The van der Waals surface area contributed by atoms with Crippen LogP contribution in [0.15, 0.2) is 6.20 Å². The van der Waals surface area contributed by atoms with Crippen LogP contribution >= 0.6 is 0 Å². The van der Waals surface area contributed by atoms with E-state index in [1.54, 1.807) is 0 Å². The third kappa shape index (κ3) is 2.36. The first-order chi connectivity index (χ1) is 7.47. The van der Waals surface area contributed by atoms with E-state index >= 15 is 0 Å². The van der Waals surface area contributed by atoms with Gasteiger partial charge in [-0.2, -0.15) is 0 Å². The van der Waals surface area contributed by atoms with Crippen molar-refractivity contribution >= 4 is 5.97 Å². The fourth-order valence-corrected chi connectivity index (χ4v) is 1.20. The molecule has 0 bridgehead atoms. The maximum absolute atomic E-state index is 12.4. The lowest BCUT2D eigenvalue weighted by molar-refractivity contribution is -0.136. The van der Waals surface area contributed by atoms with Gasteiger partial charge in [0.05, 0.1) is 25.3 Å². The number of carbonyl (C=O) groups is 1. The molecule has 5 nitrogen and oxygen atoms in total. The molecule has 1 aromatic heterocycles. The largest absolute Gasteiger partial charge is 0.505 e. The lowest BCUT2D eigenvalue weighted by atomic mass is 10.1. The third-order valence-corrected chi connectivity index (χ3v) is 1.90. The second kappa shape index (κ2) is 4.73. The van der Waals surface area contributed by atoms with Crippen molar-refractivity contribution in [1.29, 1.82) is 0 Å². The summed E-state index contributed by atoms with van der Waals surface area (Å²) in [5, 5.41) is 18.0. The second-order valence-corrected chi connectivity index (χ2v) is 2.91. The minimum absolute atomic E-state index is 0.0377. The Kier molecular flexibility index (Phi) is 3.60. The lowest BCUT2D eigenvalue weighted by Crippen LogP contribution is -2.05. The number of pyridine rings is 1. The number of carboxylic acids is 1. The summed E-state index contributed by atoms with van der Waals surface area (Å²) in [7, 11) is 1.23. The summed E-state index contributed by atoms with van der Waals surface area (Å²) < 4.78 is 29.5. The van der Waals surface area contributed by atoms with Gasteiger partial charge in [0.25, 0.3) is 6.43 Å². The molecule has 0 radical (unpaired) electrons. The van der Waals surface area contributed by atoms with E-state index < -0.39 is 30.3 Å². The van der Waals surface area contributed by atoms with E-state index in [0.717, 1.165) is 6.20 Å². The average Bonchev–Trinajstić information content (AvgIpc) is 2.19. The van der Waals surface area contributed by atoms with Crippen LogP contribution in [-0.2, 0) is 11.2 Å². The monoisotopic (exact) mass is 233 g/mol. The highest BCUT2D eigenvalue weighted by Crippen LogP contribution is 2.34. The summed E-state index contributed by atoms with van der Waals surface area (Å²) in [6.07, 6.45) is -2.63. The number of aromatic nitrogens is 1. The van der Waals surface area contributed by atoms with Gasteiger partial charge in [0.15, 0.2) is 0 Å². The highest BCUT2D eigenvalue weighted by molar-refractivity contribution is 5.73. The van der Waals surface area contributed by atoms with E-state index in [4.69, 9.17) is 9.84 Å². The van der Waals surface area contributed by atoms with Gasteiger partial charge in [-0.1, -0.05) is 0 Å². The molecule has 0 fully saturated rings. The third-order valence-electron chi connectivity index (χ3n) is 1.90. The zero-order valence-electron chi connectivity index (χ0n) is 8.28. The van der Waals surface area contributed by atoms with E-state index in [0.29, 0.717) is 0 Å². The summed E-state index contributed by atoms with van der Waals surface area (Å²) in [5.41, 5.74) is -1.06. The van der Waals surface area contributed by atoms with Gasteiger partial charge in [-0.25, -0.2) is 13.8 Å². The van der Waals surface area contributed by atoms with Crippen LogP contribution in [0.1, 0.15) is 17.7 Å². The highest BCUT2D eigenvalue weighted by atomic mass is 19.3. The molecule has 2 N–H and O–H groups in total. The first kappa shape index (κ1) is 12.2. The summed E-state index contributed by atoms with van der Waals surface area (Å²) >= 11 is 0. The smallest absolute Gasteiger partial charge is 0.308 e. The maximum Gasteiger partial charge on any atom is 0.308 e. The molecule has 0 unspecified atom stereocenters. The van der Waals surface area contributed by atoms with Crippen molar-refractivity contribution < 1.29 is 28.5 Å². The van der Waals surface area contributed by atoms with Gasteiger partial charge < -0.3 is 14.9 Å². The second-order valence-electron chi connectivity index (χ2n) is 2.91. The van der Waals surface area contributed by atoms with Crippen LogP contribution in [0.25, 0.3) is 0 Å². The van der Waals surface area contributed by atoms with Crippen molar-refractivity contribution in [3.63, 3.8) is 0 Å². The van der Waals surface area contributed by atoms with Gasteiger partial charge in [0, 0.05) is 0 Å². The van der Waals surface area contributed by atoms with Gasteiger partial charge in [-0.15, -0.1) is 0 Å². The van der Waals surface area contributed by atoms with Crippen molar-refractivity contribution in [1.82, 2.24) is 4.98 Å². The number of methoxy groups -OCH3 is 1. The molecule has 1 aromatic rings. The minimum atomic E-state index is -2.97. The van der Waals surface area contributed by atoms with E-state index in [1.807, 2.05) is 0 Å². The molecule has 0 saturated carbocycles. The van der Waals surface area contributed by atoms with Gasteiger partial charge in [0.2, 0.25) is 0 Å². The molecule has 7 heteroatoms. The molecule has 0 aromatic carbocycles. The summed E-state index contributed by atoms with van der Waals surface area (Å²) in [5.74, 6) is -2.14. The van der Waals surface area contributed by atoms with E-state index in [-0.39, 0.29) is 11.3 Å². The standard InChI is InChI=1S/C9H9F2NO4/c1-16-5-3-12-7(9(10)11)8(15)4(5)2-6(13)14/h3,9,15H,2H2,1H3,(H,13,14). The Morgan fingerprint density at radius 2 is 2.25 bits per heavy atom. The molecule has 1 rings (SSSR count). The van der Waals surface area contributed by atoms with Crippen LogP contribution in [-0.4, -0.2) is 28.3 Å². The number of aromatic hydroxyl groups is 1. The Labute approximate surface area is 89.3 Å². The molecule has 1 heterocycles. The normalized spacial score (nSPS) is 10.5. The molecular weight excluding hydrogens is 224 g/mol. The minimum Gasteiger partial charge on any atom is -0.505 e. The first-order valence-corrected chi connectivity index (χ1v) is 4.22. The Bertz CT molecular complexity index is 409. The van der Waals surface area contributed by atoms with Gasteiger partial charge in [0.1, 0.15) is 17.2 Å². The number of hydrogen-bond donors (Lipinski definition) is 2. The molecule has 16 heavy (non-hydrogen) atoms. The van der Waals surface area contributed by atoms with Gasteiger partial charge >= 0.3 is 5.97 Å². The molecule has 0 spiro atoms. The molecule has 0 aliphatic rings. The lowest BCUT2D eigenvalue weighted by Gasteiger charge is -2.11. The zero-order chi connectivity index (χ0) is 12.3. The van der Waals surface area contributed by atoms with Crippen LogP contribution in [0.5, 0.6) is 11.5 Å². The molecule has 0 amide bonds. The fourth-order valence-electron chi connectivity index (χ4n) is 1.20. The Morgan fingerprint density at radius 1 is 1.62 bits per heavy atom. The number of ether oxygens (including phenoxy) is 1. The van der Waals surface area contributed by atoms with Crippen LogP contribution < -0.4 is 4.74 Å². The van der Waals surface area contributed by atoms with E-state index in [1.165, 1.54) is 7.11 Å². The Morgan fingerprint density at radius 3 is 2.69 bits per heavy atom. The van der Waals surface area contributed by atoms with Crippen molar-refractivity contribution in [2.24, 2.45) is 0 Å². The number of halogens is 2. The molecule has 0 aliphatic heterocycles. The SMILES string of the molecule is COc1cnc(C(F)F)c(O)c1CC(=O)O. The van der Waals surface area contributed by atoms with Gasteiger partial charge in [-0.05, 0) is 0 Å². The van der Waals surface area contributed by atoms with Crippen LogP contribution in [0.2, 0.25) is 0 Å². The topological polar surface area (TPSA) is 79.7 Å². The predicted molar refractivity (Wildman–Crippen MR) is 48.8 cm³/mol. The number of alkyl halides is 2. The number of carboxylic acid groups (broad SMARTS) is 1. The quantitative estimate of drug-likeness (QED) is 0.820. The highest BCUT2D eigenvalue weighted by Gasteiger charge is 2.22. The van der Waals surface area contributed by atoms with Crippen molar-refractivity contribution in [2.45, 2.75) is 12.8 Å². The number of rotatable bonds is 4. The van der Waals surface area contributed by atoms with Crippen LogP contribution in [0.3, 0.4) is 0 Å². The first-order valence-electron chi connectivity index (χ1n) is 4.22. The maximum atomic E-state index is 12.4. The number of nitrogens with zero attached hydrogens (tertiary/aromatic N) is 1. The molecule has 0 atom stereocenters. The average molecular weight is 233 g/mol. The number of hydrogen-bond acceptors (Lipinski definition) is 4. The molecule has 0 saturated heterocycles. The van der Waals surface area contributed by atoms with Crippen molar-refractivity contribution in [3.05, 3.63) is 17.5 Å². The number of aliphatic carboxylic acids is 1. The zero-order valence-corrected chi connectivity index (χ0v) is 8.28. The Hall–Kier alpha value is -1.92. The molecule has 0 aliphatic carbocycles. The summed E-state index contributed by atoms with van der Waals surface area (Å²) in [6.45, 7) is 0. The van der Waals surface area contributed by atoms with E-state index in [9.17, 15) is 18.7 Å². The van der Waals surface area contributed by atoms with Crippen LogP contribution in [0.4, 0.5) is 8.78 Å². The van der Waals surface area contributed by atoms with Crippen molar-refractivity contribution in [2.75, 3.05) is 7.11 Å². The fraction of sp³-hybridized carbons (Fsp3) is 0.333. The van der Waals surface area contributed by atoms with E-state index in [2.05, 4.69) is 4.98 Å². The van der Waals surface area contributed by atoms with Crippen molar-refractivity contribution in [3.8, 4) is 11.5 Å². The molecule has 88 valence electrons. The van der Waals surface area contributed by atoms with Crippen LogP contribution in [0, 0.1) is 0 Å². The predicted octanol–water partition coefficient (Wildman–Crippen LogP) is 1.36. The van der Waals surface area contributed by atoms with Gasteiger partial charge in [-0.3, -0.25) is 4.79 Å². The summed E-state index contributed by atoms with van der Waals surface area (Å²) in [6, 6.07) is 0.